The van der Waals surface area contributed by atoms with Gasteiger partial charge in [-0.3, -0.25) is 9.97 Å². The third kappa shape index (κ3) is 2.33. The average molecular weight is 265 g/mol. The maximum absolute atomic E-state index is 6.27. The lowest BCUT2D eigenvalue weighted by molar-refractivity contribution is 0.412. The number of benzene rings is 1. The van der Waals surface area contributed by atoms with Crippen molar-refractivity contribution in [3.8, 4) is 5.75 Å². The summed E-state index contributed by atoms with van der Waals surface area (Å²) in [5, 5.41) is 1.10. The van der Waals surface area contributed by atoms with E-state index in [4.69, 9.17) is 10.5 Å². The van der Waals surface area contributed by atoms with Gasteiger partial charge in [0.2, 0.25) is 0 Å². The standard InChI is InChI=1S/C16H15N3O/c1-20-13-8-12(9-18-10-13)16(17)15-7-6-11-4-2-3-5-14(11)19-15/h2-10,16H,17H2,1H3. The first-order valence-electron chi connectivity index (χ1n) is 6.38. The molecule has 0 saturated heterocycles. The number of hydrogen-bond acceptors (Lipinski definition) is 4. The smallest absolute Gasteiger partial charge is 0.137 e. The van der Waals surface area contributed by atoms with Crippen LogP contribution in [0.3, 0.4) is 0 Å². The van der Waals surface area contributed by atoms with E-state index in [0.29, 0.717) is 5.75 Å². The number of pyridine rings is 2. The van der Waals surface area contributed by atoms with Gasteiger partial charge in [0.05, 0.1) is 30.6 Å². The second kappa shape index (κ2) is 5.27. The van der Waals surface area contributed by atoms with Crippen LogP contribution in [0.25, 0.3) is 10.9 Å². The summed E-state index contributed by atoms with van der Waals surface area (Å²) in [5.41, 5.74) is 8.91. The molecule has 100 valence electrons. The topological polar surface area (TPSA) is 61.0 Å². The minimum Gasteiger partial charge on any atom is -0.495 e. The van der Waals surface area contributed by atoms with Crippen molar-refractivity contribution < 1.29 is 4.74 Å². The molecule has 1 unspecified atom stereocenters. The highest BCUT2D eigenvalue weighted by atomic mass is 16.5. The summed E-state index contributed by atoms with van der Waals surface area (Å²) in [6.07, 6.45) is 3.40. The first-order chi connectivity index (χ1) is 9.78. The maximum Gasteiger partial charge on any atom is 0.137 e. The van der Waals surface area contributed by atoms with Gasteiger partial charge in [-0.05, 0) is 23.8 Å². The number of rotatable bonds is 3. The number of para-hydroxylation sites is 1. The van der Waals surface area contributed by atoms with Gasteiger partial charge in [0.25, 0.3) is 0 Å². The van der Waals surface area contributed by atoms with Crippen molar-refractivity contribution in [1.29, 1.82) is 0 Å². The Hall–Kier alpha value is -2.46. The Morgan fingerprint density at radius 1 is 1.10 bits per heavy atom. The lowest BCUT2D eigenvalue weighted by Crippen LogP contribution is -2.14. The minimum atomic E-state index is -0.317. The highest BCUT2D eigenvalue weighted by Gasteiger charge is 2.12. The monoisotopic (exact) mass is 265 g/mol. The number of ether oxygens (including phenoxy) is 1. The largest absolute Gasteiger partial charge is 0.495 e. The molecule has 0 aliphatic carbocycles. The van der Waals surface area contributed by atoms with E-state index < -0.39 is 0 Å². The van der Waals surface area contributed by atoms with Crippen molar-refractivity contribution in [1.82, 2.24) is 9.97 Å². The van der Waals surface area contributed by atoms with Crippen LogP contribution in [0.15, 0.2) is 54.9 Å². The molecule has 3 aromatic rings. The van der Waals surface area contributed by atoms with Gasteiger partial charge in [0.15, 0.2) is 0 Å². The molecule has 0 amide bonds. The maximum atomic E-state index is 6.27. The van der Waals surface area contributed by atoms with Gasteiger partial charge in [0, 0.05) is 11.6 Å². The third-order valence-corrected chi connectivity index (χ3v) is 3.27. The second-order valence-corrected chi connectivity index (χ2v) is 4.56. The molecule has 0 aliphatic heterocycles. The van der Waals surface area contributed by atoms with Crippen LogP contribution in [-0.4, -0.2) is 17.1 Å². The lowest BCUT2D eigenvalue weighted by atomic mass is 10.0. The van der Waals surface area contributed by atoms with Gasteiger partial charge in [-0.25, -0.2) is 0 Å². The molecule has 0 fully saturated rings. The predicted octanol–water partition coefficient (Wildman–Crippen LogP) is 2.69. The molecule has 1 aromatic carbocycles. The van der Waals surface area contributed by atoms with Crippen molar-refractivity contribution in [3.05, 3.63) is 66.1 Å². The van der Waals surface area contributed by atoms with Crippen LogP contribution in [0, 0.1) is 0 Å². The van der Waals surface area contributed by atoms with Crippen LogP contribution in [0.1, 0.15) is 17.3 Å². The highest BCUT2D eigenvalue weighted by Crippen LogP contribution is 2.22. The van der Waals surface area contributed by atoms with Gasteiger partial charge >= 0.3 is 0 Å². The Bertz CT molecular complexity index is 742. The predicted molar refractivity (Wildman–Crippen MR) is 78.6 cm³/mol. The van der Waals surface area contributed by atoms with E-state index in [1.807, 2.05) is 42.5 Å². The molecule has 2 N–H and O–H groups in total. The molecule has 4 nitrogen and oxygen atoms in total. The fraction of sp³-hybridized carbons (Fsp3) is 0.125. The quantitative estimate of drug-likeness (QED) is 0.791. The van der Waals surface area contributed by atoms with Crippen molar-refractivity contribution in [2.75, 3.05) is 7.11 Å². The van der Waals surface area contributed by atoms with Gasteiger partial charge in [-0.2, -0.15) is 0 Å². The summed E-state index contributed by atoms with van der Waals surface area (Å²) in [7, 11) is 1.61. The molecule has 2 heterocycles. The highest BCUT2D eigenvalue weighted by molar-refractivity contribution is 5.78. The van der Waals surface area contributed by atoms with E-state index in [1.54, 1.807) is 19.5 Å². The van der Waals surface area contributed by atoms with Gasteiger partial charge < -0.3 is 10.5 Å². The summed E-state index contributed by atoms with van der Waals surface area (Å²) < 4.78 is 5.17. The van der Waals surface area contributed by atoms with Gasteiger partial charge in [-0.1, -0.05) is 24.3 Å². The number of fused-ring (bicyclic) bond motifs is 1. The first-order valence-corrected chi connectivity index (χ1v) is 6.38. The SMILES string of the molecule is COc1cncc(C(N)c2ccc3ccccc3n2)c1. The van der Waals surface area contributed by atoms with Crippen LogP contribution >= 0.6 is 0 Å². The van der Waals surface area contributed by atoms with Crippen LogP contribution in [0.5, 0.6) is 5.75 Å². The molecule has 0 bridgehead atoms. The Balaban J connectivity index is 2.00. The fourth-order valence-electron chi connectivity index (χ4n) is 2.14. The van der Waals surface area contributed by atoms with Gasteiger partial charge in [-0.15, -0.1) is 0 Å². The van der Waals surface area contributed by atoms with Crippen molar-refractivity contribution >= 4 is 10.9 Å². The Kier molecular flexibility index (Phi) is 3.31. The van der Waals surface area contributed by atoms with Crippen molar-refractivity contribution in [3.63, 3.8) is 0 Å². The number of hydrogen-bond donors (Lipinski definition) is 1. The lowest BCUT2D eigenvalue weighted by Gasteiger charge is -2.12. The van der Waals surface area contributed by atoms with E-state index in [9.17, 15) is 0 Å². The summed E-state index contributed by atoms with van der Waals surface area (Å²) in [5.74, 6) is 0.693. The van der Waals surface area contributed by atoms with E-state index in [1.165, 1.54) is 0 Å². The van der Waals surface area contributed by atoms with Crippen molar-refractivity contribution in [2.45, 2.75) is 6.04 Å². The zero-order chi connectivity index (χ0) is 13.9. The second-order valence-electron chi connectivity index (χ2n) is 4.56. The van der Waals surface area contributed by atoms with E-state index in [2.05, 4.69) is 9.97 Å². The zero-order valence-electron chi connectivity index (χ0n) is 11.2. The van der Waals surface area contributed by atoms with E-state index >= 15 is 0 Å². The molecule has 20 heavy (non-hydrogen) atoms. The summed E-state index contributed by atoms with van der Waals surface area (Å²) in [6, 6.07) is 13.5. The summed E-state index contributed by atoms with van der Waals surface area (Å²) in [6.45, 7) is 0. The Morgan fingerprint density at radius 2 is 1.95 bits per heavy atom. The Morgan fingerprint density at radius 3 is 2.80 bits per heavy atom. The molecular weight excluding hydrogens is 250 g/mol. The summed E-state index contributed by atoms with van der Waals surface area (Å²) >= 11 is 0. The van der Waals surface area contributed by atoms with Gasteiger partial charge in [0.1, 0.15) is 5.75 Å². The van der Waals surface area contributed by atoms with E-state index in [-0.39, 0.29) is 6.04 Å². The normalized spacial score (nSPS) is 12.3. The number of nitrogens with zero attached hydrogens (tertiary/aromatic N) is 2. The van der Waals surface area contributed by atoms with Crippen LogP contribution in [0.4, 0.5) is 0 Å². The average Bonchev–Trinajstić information content (AvgIpc) is 2.53. The molecule has 2 aromatic heterocycles. The molecular formula is C16H15N3O. The molecule has 1 atom stereocenters. The zero-order valence-corrected chi connectivity index (χ0v) is 11.2. The number of aromatic nitrogens is 2. The molecule has 0 spiro atoms. The minimum absolute atomic E-state index is 0.317. The van der Waals surface area contributed by atoms with Crippen LogP contribution in [-0.2, 0) is 0 Å². The summed E-state index contributed by atoms with van der Waals surface area (Å²) in [4.78, 5) is 8.75. The molecule has 0 saturated carbocycles. The number of methoxy groups -OCH3 is 1. The third-order valence-electron chi connectivity index (χ3n) is 3.27. The van der Waals surface area contributed by atoms with Crippen LogP contribution < -0.4 is 10.5 Å². The van der Waals surface area contributed by atoms with Crippen molar-refractivity contribution in [2.24, 2.45) is 5.73 Å². The molecule has 0 aliphatic rings. The molecule has 0 radical (unpaired) electrons. The molecule has 3 rings (SSSR count). The Labute approximate surface area is 117 Å². The molecule has 4 heteroatoms. The first kappa shape index (κ1) is 12.6. The van der Waals surface area contributed by atoms with E-state index in [0.717, 1.165) is 22.2 Å². The fourth-order valence-corrected chi connectivity index (χ4v) is 2.14. The number of nitrogens with two attached hydrogens (primary N) is 1. The van der Waals surface area contributed by atoms with Crippen LogP contribution in [0.2, 0.25) is 0 Å².